The number of hydrogen-bond acceptors (Lipinski definition) is 1. The summed E-state index contributed by atoms with van der Waals surface area (Å²) in [6.07, 6.45) is 0. The van der Waals surface area contributed by atoms with Crippen molar-refractivity contribution < 1.29 is 4.74 Å². The van der Waals surface area contributed by atoms with E-state index in [1.54, 1.807) is 7.11 Å². The molecular weight excluding hydrogens is 208 g/mol. The highest BCUT2D eigenvalue weighted by atomic mass is 16.5. The smallest absolute Gasteiger partial charge is 0.125 e. The number of methoxy groups -OCH3 is 1. The van der Waals surface area contributed by atoms with Crippen LogP contribution in [0.4, 0.5) is 0 Å². The van der Waals surface area contributed by atoms with Crippen molar-refractivity contribution in [1.29, 1.82) is 0 Å². The van der Waals surface area contributed by atoms with E-state index in [0.29, 0.717) is 5.92 Å². The summed E-state index contributed by atoms with van der Waals surface area (Å²) in [6.45, 7) is 4.30. The van der Waals surface area contributed by atoms with Crippen molar-refractivity contribution in [3.05, 3.63) is 65.2 Å². The molecule has 1 nitrogen and oxygen atoms in total. The fraction of sp³-hybridized carbons (Fsp3) is 0.250. The Morgan fingerprint density at radius 1 is 0.941 bits per heavy atom. The Balaban J connectivity index is 2.44. The van der Waals surface area contributed by atoms with Gasteiger partial charge in [0.2, 0.25) is 0 Å². The van der Waals surface area contributed by atoms with Gasteiger partial charge >= 0.3 is 0 Å². The lowest BCUT2D eigenvalue weighted by molar-refractivity contribution is 0.405. The van der Waals surface area contributed by atoms with E-state index in [-0.39, 0.29) is 0 Å². The molecule has 2 aromatic carbocycles. The van der Waals surface area contributed by atoms with Gasteiger partial charge in [0.1, 0.15) is 5.75 Å². The molecule has 0 aliphatic heterocycles. The topological polar surface area (TPSA) is 9.23 Å². The Morgan fingerprint density at radius 2 is 1.65 bits per heavy atom. The molecule has 2 aromatic rings. The Bertz CT molecular complexity index is 488. The number of rotatable bonds is 3. The van der Waals surface area contributed by atoms with E-state index in [1.807, 2.05) is 6.07 Å². The van der Waals surface area contributed by atoms with Crippen LogP contribution in [0.5, 0.6) is 5.75 Å². The van der Waals surface area contributed by atoms with Crippen LogP contribution in [-0.2, 0) is 0 Å². The molecule has 0 aliphatic carbocycles. The SMILES string of the molecule is COc1c(C)cccc1C(C)c1ccccc1. The van der Waals surface area contributed by atoms with Crippen LogP contribution in [0.2, 0.25) is 0 Å². The minimum Gasteiger partial charge on any atom is -0.496 e. The van der Waals surface area contributed by atoms with E-state index >= 15 is 0 Å². The molecule has 1 heteroatoms. The Hall–Kier alpha value is -1.76. The second-order valence-corrected chi connectivity index (χ2v) is 4.33. The van der Waals surface area contributed by atoms with E-state index in [4.69, 9.17) is 4.74 Å². The van der Waals surface area contributed by atoms with E-state index in [0.717, 1.165) is 5.75 Å². The molecular formula is C16H18O. The van der Waals surface area contributed by atoms with Crippen molar-refractivity contribution >= 4 is 0 Å². The maximum atomic E-state index is 5.52. The Morgan fingerprint density at radius 3 is 2.29 bits per heavy atom. The largest absolute Gasteiger partial charge is 0.496 e. The molecule has 0 amide bonds. The second-order valence-electron chi connectivity index (χ2n) is 4.33. The zero-order chi connectivity index (χ0) is 12.3. The van der Waals surface area contributed by atoms with Crippen molar-refractivity contribution in [2.45, 2.75) is 19.8 Å². The normalized spacial score (nSPS) is 12.2. The van der Waals surface area contributed by atoms with Crippen molar-refractivity contribution in [1.82, 2.24) is 0 Å². The molecule has 1 atom stereocenters. The standard InChI is InChI=1S/C16H18O/c1-12-8-7-11-15(16(12)17-3)13(2)14-9-5-4-6-10-14/h4-11,13H,1-3H3. The fourth-order valence-electron chi connectivity index (χ4n) is 2.22. The van der Waals surface area contributed by atoms with Gasteiger partial charge in [0, 0.05) is 11.5 Å². The highest BCUT2D eigenvalue weighted by Gasteiger charge is 2.14. The van der Waals surface area contributed by atoms with Gasteiger partial charge in [-0.15, -0.1) is 0 Å². The first-order valence-electron chi connectivity index (χ1n) is 5.92. The van der Waals surface area contributed by atoms with Gasteiger partial charge in [-0.2, -0.15) is 0 Å². The predicted octanol–water partition coefficient (Wildman–Crippen LogP) is 4.16. The Labute approximate surface area is 103 Å². The van der Waals surface area contributed by atoms with E-state index < -0.39 is 0 Å². The van der Waals surface area contributed by atoms with Crippen LogP contribution in [0.15, 0.2) is 48.5 Å². The number of hydrogen-bond donors (Lipinski definition) is 0. The molecule has 0 aliphatic rings. The zero-order valence-electron chi connectivity index (χ0n) is 10.6. The third-order valence-electron chi connectivity index (χ3n) is 3.21. The second kappa shape index (κ2) is 5.05. The van der Waals surface area contributed by atoms with Crippen LogP contribution in [-0.4, -0.2) is 7.11 Å². The molecule has 2 rings (SSSR count). The van der Waals surface area contributed by atoms with Gasteiger partial charge in [0.05, 0.1) is 7.11 Å². The third kappa shape index (κ3) is 2.33. The minimum atomic E-state index is 0.353. The Kier molecular flexibility index (Phi) is 3.48. The average Bonchev–Trinajstić information content (AvgIpc) is 2.38. The molecule has 0 N–H and O–H groups in total. The quantitative estimate of drug-likeness (QED) is 0.763. The van der Waals surface area contributed by atoms with Gasteiger partial charge in [0.25, 0.3) is 0 Å². The maximum absolute atomic E-state index is 5.52. The van der Waals surface area contributed by atoms with Crippen LogP contribution in [0.3, 0.4) is 0 Å². The molecule has 0 heterocycles. The first-order valence-corrected chi connectivity index (χ1v) is 5.92. The van der Waals surface area contributed by atoms with Gasteiger partial charge in [0.15, 0.2) is 0 Å². The molecule has 0 spiro atoms. The minimum absolute atomic E-state index is 0.353. The van der Waals surface area contributed by atoms with Gasteiger partial charge in [-0.25, -0.2) is 0 Å². The van der Waals surface area contributed by atoms with Crippen LogP contribution in [0.1, 0.15) is 29.5 Å². The lowest BCUT2D eigenvalue weighted by Gasteiger charge is -2.17. The number of ether oxygens (including phenoxy) is 1. The van der Waals surface area contributed by atoms with E-state index in [9.17, 15) is 0 Å². The van der Waals surface area contributed by atoms with E-state index in [1.165, 1.54) is 16.7 Å². The highest BCUT2D eigenvalue weighted by molar-refractivity contribution is 5.46. The van der Waals surface area contributed by atoms with Crippen molar-refractivity contribution in [2.75, 3.05) is 7.11 Å². The summed E-state index contributed by atoms with van der Waals surface area (Å²) in [4.78, 5) is 0. The third-order valence-corrected chi connectivity index (χ3v) is 3.21. The van der Waals surface area contributed by atoms with Gasteiger partial charge < -0.3 is 4.74 Å². The number of aryl methyl sites for hydroxylation is 1. The maximum Gasteiger partial charge on any atom is 0.125 e. The summed E-state index contributed by atoms with van der Waals surface area (Å²) in [6, 6.07) is 16.8. The van der Waals surface area contributed by atoms with Gasteiger partial charge in [-0.1, -0.05) is 55.5 Å². The molecule has 0 bridgehead atoms. The summed E-state index contributed by atoms with van der Waals surface area (Å²) in [5.41, 5.74) is 3.75. The molecule has 88 valence electrons. The van der Waals surface area contributed by atoms with Crippen LogP contribution >= 0.6 is 0 Å². The molecule has 0 fully saturated rings. The number of para-hydroxylation sites is 1. The summed E-state index contributed by atoms with van der Waals surface area (Å²) in [5.74, 6) is 1.36. The summed E-state index contributed by atoms with van der Waals surface area (Å²) >= 11 is 0. The zero-order valence-corrected chi connectivity index (χ0v) is 10.6. The van der Waals surface area contributed by atoms with Crippen LogP contribution in [0, 0.1) is 6.92 Å². The first kappa shape index (κ1) is 11.7. The monoisotopic (exact) mass is 226 g/mol. The van der Waals surface area contributed by atoms with Gasteiger partial charge in [-0.3, -0.25) is 0 Å². The van der Waals surface area contributed by atoms with Crippen molar-refractivity contribution in [3.8, 4) is 5.75 Å². The molecule has 0 saturated heterocycles. The summed E-state index contributed by atoms with van der Waals surface area (Å²) in [7, 11) is 1.74. The number of benzene rings is 2. The van der Waals surface area contributed by atoms with Crippen molar-refractivity contribution in [3.63, 3.8) is 0 Å². The lowest BCUT2D eigenvalue weighted by Crippen LogP contribution is -2.00. The lowest BCUT2D eigenvalue weighted by atomic mass is 9.91. The van der Waals surface area contributed by atoms with Crippen molar-refractivity contribution in [2.24, 2.45) is 0 Å². The molecule has 0 radical (unpaired) electrons. The molecule has 0 aromatic heterocycles. The van der Waals surface area contributed by atoms with Crippen LogP contribution in [0.25, 0.3) is 0 Å². The average molecular weight is 226 g/mol. The summed E-state index contributed by atoms with van der Waals surface area (Å²) < 4.78 is 5.52. The summed E-state index contributed by atoms with van der Waals surface area (Å²) in [5, 5.41) is 0. The first-order chi connectivity index (χ1) is 8.24. The van der Waals surface area contributed by atoms with Gasteiger partial charge in [-0.05, 0) is 18.1 Å². The molecule has 0 saturated carbocycles. The molecule has 17 heavy (non-hydrogen) atoms. The molecule has 1 unspecified atom stereocenters. The highest BCUT2D eigenvalue weighted by Crippen LogP contribution is 2.33. The van der Waals surface area contributed by atoms with E-state index in [2.05, 4.69) is 56.3 Å². The predicted molar refractivity (Wildman–Crippen MR) is 71.7 cm³/mol. The fourth-order valence-corrected chi connectivity index (χ4v) is 2.22. The van der Waals surface area contributed by atoms with Crippen LogP contribution < -0.4 is 4.74 Å².